The molecule has 0 amide bonds. The van der Waals surface area contributed by atoms with E-state index in [0.717, 1.165) is 13.1 Å². The van der Waals surface area contributed by atoms with Crippen LogP contribution in [0.4, 0.5) is 4.39 Å². The van der Waals surface area contributed by atoms with Crippen LogP contribution in [0.25, 0.3) is 0 Å². The number of nitrogens with one attached hydrogen (secondary N) is 2. The predicted octanol–water partition coefficient (Wildman–Crippen LogP) is 0.688. The summed E-state index contributed by atoms with van der Waals surface area (Å²) in [6.07, 6.45) is 3.84. The molecule has 11 heavy (non-hydrogen) atoms. The smallest absolute Gasteiger partial charge is 0.102 e. The molecule has 1 saturated heterocycles. The van der Waals surface area contributed by atoms with Crippen molar-refractivity contribution < 1.29 is 4.39 Å². The summed E-state index contributed by atoms with van der Waals surface area (Å²) in [5, 5.41) is 6.46. The molecular formula is C8H17FN2. The summed E-state index contributed by atoms with van der Waals surface area (Å²) in [4.78, 5) is 0. The van der Waals surface area contributed by atoms with Crippen LogP contribution in [0.15, 0.2) is 0 Å². The van der Waals surface area contributed by atoms with Gasteiger partial charge in [0, 0.05) is 19.1 Å². The molecule has 0 aromatic carbocycles. The van der Waals surface area contributed by atoms with Crippen LogP contribution in [0, 0.1) is 0 Å². The molecule has 1 aliphatic rings. The summed E-state index contributed by atoms with van der Waals surface area (Å²) in [6, 6.07) is 0.579. The minimum absolute atomic E-state index is 0.257. The molecule has 0 aromatic heterocycles. The summed E-state index contributed by atoms with van der Waals surface area (Å²) in [5.74, 6) is 0. The van der Waals surface area contributed by atoms with Crippen molar-refractivity contribution in [1.82, 2.24) is 10.6 Å². The van der Waals surface area contributed by atoms with Crippen LogP contribution in [-0.2, 0) is 0 Å². The zero-order valence-electron chi connectivity index (χ0n) is 6.91. The first-order valence-electron chi connectivity index (χ1n) is 4.43. The molecule has 2 nitrogen and oxygen atoms in total. The Balaban J connectivity index is 1.96. The van der Waals surface area contributed by atoms with Gasteiger partial charge < -0.3 is 10.6 Å². The maximum atomic E-state index is 11.7. The molecule has 66 valence electrons. The summed E-state index contributed by atoms with van der Waals surface area (Å²) >= 11 is 0. The Kier molecular flexibility index (Phi) is 4.47. The topological polar surface area (TPSA) is 24.1 Å². The van der Waals surface area contributed by atoms with Gasteiger partial charge in [0.25, 0.3) is 0 Å². The van der Waals surface area contributed by atoms with Crippen molar-refractivity contribution in [2.75, 3.05) is 26.3 Å². The standard InChI is InChI=1S/C8H17FN2/c9-4-6-10-7-8-3-1-2-5-11-8/h8,10-11H,1-7H2. The molecule has 1 atom stereocenters. The third-order valence-electron chi connectivity index (χ3n) is 2.07. The quantitative estimate of drug-likeness (QED) is 0.591. The van der Waals surface area contributed by atoms with E-state index in [-0.39, 0.29) is 6.67 Å². The average Bonchev–Trinajstić information content (AvgIpc) is 2.07. The van der Waals surface area contributed by atoms with Crippen molar-refractivity contribution in [3.63, 3.8) is 0 Å². The van der Waals surface area contributed by atoms with Crippen LogP contribution < -0.4 is 10.6 Å². The molecule has 0 aromatic rings. The Morgan fingerprint density at radius 2 is 2.36 bits per heavy atom. The fraction of sp³-hybridized carbons (Fsp3) is 1.00. The van der Waals surface area contributed by atoms with Gasteiger partial charge >= 0.3 is 0 Å². The Bertz CT molecular complexity index is 92.1. The molecular weight excluding hydrogens is 143 g/mol. The highest BCUT2D eigenvalue weighted by Gasteiger charge is 2.10. The Hall–Kier alpha value is -0.150. The van der Waals surface area contributed by atoms with E-state index in [2.05, 4.69) is 10.6 Å². The van der Waals surface area contributed by atoms with Crippen molar-refractivity contribution in [3.8, 4) is 0 Å². The molecule has 3 heteroatoms. The second kappa shape index (κ2) is 5.49. The third-order valence-corrected chi connectivity index (χ3v) is 2.07. The van der Waals surface area contributed by atoms with Crippen molar-refractivity contribution >= 4 is 0 Å². The second-order valence-electron chi connectivity index (χ2n) is 3.04. The fourth-order valence-electron chi connectivity index (χ4n) is 1.44. The highest BCUT2D eigenvalue weighted by atomic mass is 19.1. The van der Waals surface area contributed by atoms with Crippen LogP contribution in [0.2, 0.25) is 0 Å². The van der Waals surface area contributed by atoms with Gasteiger partial charge in [-0.3, -0.25) is 0 Å². The lowest BCUT2D eigenvalue weighted by atomic mass is 10.1. The number of hydrogen-bond acceptors (Lipinski definition) is 2. The van der Waals surface area contributed by atoms with E-state index >= 15 is 0 Å². The molecule has 1 unspecified atom stereocenters. The second-order valence-corrected chi connectivity index (χ2v) is 3.04. The number of halogens is 1. The van der Waals surface area contributed by atoms with E-state index in [1.807, 2.05) is 0 Å². The molecule has 2 N–H and O–H groups in total. The largest absolute Gasteiger partial charge is 0.313 e. The van der Waals surface area contributed by atoms with Crippen molar-refractivity contribution in [2.24, 2.45) is 0 Å². The monoisotopic (exact) mass is 160 g/mol. The molecule has 1 heterocycles. The minimum atomic E-state index is -0.257. The summed E-state index contributed by atoms with van der Waals surface area (Å²) in [7, 11) is 0. The predicted molar refractivity (Wildman–Crippen MR) is 44.5 cm³/mol. The zero-order chi connectivity index (χ0) is 7.94. The van der Waals surface area contributed by atoms with E-state index in [0.29, 0.717) is 12.6 Å². The third kappa shape index (κ3) is 3.68. The van der Waals surface area contributed by atoms with Crippen LogP contribution in [-0.4, -0.2) is 32.4 Å². The summed E-state index contributed by atoms with van der Waals surface area (Å²) in [5.41, 5.74) is 0. The van der Waals surface area contributed by atoms with Gasteiger partial charge in [-0.1, -0.05) is 6.42 Å². The SMILES string of the molecule is FCCNCC1CCCCN1. The Morgan fingerprint density at radius 3 is 3.00 bits per heavy atom. The first-order chi connectivity index (χ1) is 5.43. The first kappa shape index (κ1) is 8.94. The summed E-state index contributed by atoms with van der Waals surface area (Å²) < 4.78 is 11.7. The van der Waals surface area contributed by atoms with Gasteiger partial charge in [-0.2, -0.15) is 0 Å². The van der Waals surface area contributed by atoms with Crippen LogP contribution >= 0.6 is 0 Å². The van der Waals surface area contributed by atoms with E-state index in [9.17, 15) is 4.39 Å². The Morgan fingerprint density at radius 1 is 1.45 bits per heavy atom. The molecule has 1 fully saturated rings. The van der Waals surface area contributed by atoms with Gasteiger partial charge in [-0.15, -0.1) is 0 Å². The van der Waals surface area contributed by atoms with E-state index in [1.165, 1.54) is 19.3 Å². The molecule has 1 rings (SSSR count). The average molecular weight is 160 g/mol. The number of alkyl halides is 1. The Labute approximate surface area is 67.6 Å². The molecule has 1 aliphatic heterocycles. The fourth-order valence-corrected chi connectivity index (χ4v) is 1.44. The summed E-state index contributed by atoms with van der Waals surface area (Å²) in [6.45, 7) is 2.29. The van der Waals surface area contributed by atoms with Gasteiger partial charge in [0.1, 0.15) is 6.67 Å². The van der Waals surface area contributed by atoms with Crippen LogP contribution in [0.3, 0.4) is 0 Å². The van der Waals surface area contributed by atoms with Crippen LogP contribution in [0.5, 0.6) is 0 Å². The van der Waals surface area contributed by atoms with Crippen molar-refractivity contribution in [1.29, 1.82) is 0 Å². The molecule has 0 radical (unpaired) electrons. The van der Waals surface area contributed by atoms with E-state index in [4.69, 9.17) is 0 Å². The maximum absolute atomic E-state index is 11.7. The van der Waals surface area contributed by atoms with Gasteiger partial charge in [-0.25, -0.2) is 4.39 Å². The molecule has 0 saturated carbocycles. The lowest BCUT2D eigenvalue weighted by Gasteiger charge is -2.23. The minimum Gasteiger partial charge on any atom is -0.313 e. The van der Waals surface area contributed by atoms with Gasteiger partial charge in [-0.05, 0) is 19.4 Å². The lowest BCUT2D eigenvalue weighted by molar-refractivity contribution is 0.373. The van der Waals surface area contributed by atoms with Crippen molar-refractivity contribution in [2.45, 2.75) is 25.3 Å². The number of rotatable bonds is 4. The number of piperidine rings is 1. The molecule has 0 bridgehead atoms. The normalized spacial score (nSPS) is 25.4. The zero-order valence-corrected chi connectivity index (χ0v) is 6.91. The van der Waals surface area contributed by atoms with E-state index < -0.39 is 0 Å². The van der Waals surface area contributed by atoms with E-state index in [1.54, 1.807) is 0 Å². The molecule has 0 spiro atoms. The first-order valence-corrected chi connectivity index (χ1v) is 4.43. The van der Waals surface area contributed by atoms with Crippen LogP contribution in [0.1, 0.15) is 19.3 Å². The van der Waals surface area contributed by atoms with Crippen molar-refractivity contribution in [3.05, 3.63) is 0 Å². The van der Waals surface area contributed by atoms with Gasteiger partial charge in [0.05, 0.1) is 0 Å². The lowest BCUT2D eigenvalue weighted by Crippen LogP contribution is -2.42. The van der Waals surface area contributed by atoms with Gasteiger partial charge in [0.2, 0.25) is 0 Å². The maximum Gasteiger partial charge on any atom is 0.102 e. The highest BCUT2D eigenvalue weighted by Crippen LogP contribution is 2.05. The number of hydrogen-bond donors (Lipinski definition) is 2. The molecule has 0 aliphatic carbocycles. The van der Waals surface area contributed by atoms with Gasteiger partial charge in [0.15, 0.2) is 0 Å². The highest BCUT2D eigenvalue weighted by molar-refractivity contribution is 4.73.